The molecule has 0 aliphatic heterocycles. The van der Waals surface area contributed by atoms with Gasteiger partial charge in [-0.3, -0.25) is 4.79 Å². The third-order valence-electron chi connectivity index (χ3n) is 4.59. The number of para-hydroxylation sites is 2. The molecule has 0 bridgehead atoms. The van der Waals surface area contributed by atoms with Gasteiger partial charge in [-0.25, -0.2) is 4.98 Å². The number of hydrogen-bond donors (Lipinski definition) is 0. The number of carbonyl (C=O) groups excluding carboxylic acids is 1. The number of ether oxygens (including phenoxy) is 2. The Morgan fingerprint density at radius 2 is 1.43 bits per heavy atom. The Morgan fingerprint density at radius 1 is 0.833 bits per heavy atom. The fourth-order valence-corrected chi connectivity index (χ4v) is 3.13. The molecule has 150 valence electrons. The van der Waals surface area contributed by atoms with E-state index in [9.17, 15) is 4.79 Å². The molecule has 0 unspecified atom stereocenters. The number of aryl methyl sites for hydroxylation is 1. The molecular formula is C25H21NO4. The molecule has 0 fully saturated rings. The lowest BCUT2D eigenvalue weighted by Crippen LogP contribution is -2.09. The molecule has 0 atom stereocenters. The highest BCUT2D eigenvalue weighted by Crippen LogP contribution is 2.33. The summed E-state index contributed by atoms with van der Waals surface area (Å²) in [5, 5.41) is 0. The van der Waals surface area contributed by atoms with E-state index in [2.05, 4.69) is 4.98 Å². The third-order valence-corrected chi connectivity index (χ3v) is 4.59. The van der Waals surface area contributed by atoms with Gasteiger partial charge in [0.2, 0.25) is 0 Å². The van der Waals surface area contributed by atoms with Gasteiger partial charge in [0.15, 0.2) is 23.1 Å². The van der Waals surface area contributed by atoms with Gasteiger partial charge >= 0.3 is 5.97 Å². The first-order valence-corrected chi connectivity index (χ1v) is 9.69. The molecule has 0 aliphatic rings. The van der Waals surface area contributed by atoms with E-state index in [4.69, 9.17) is 13.9 Å². The van der Waals surface area contributed by atoms with Gasteiger partial charge in [-0.05, 0) is 12.1 Å². The number of oxazole rings is 1. The minimum atomic E-state index is -0.375. The minimum absolute atomic E-state index is 0.140. The molecule has 0 amide bonds. The largest absolute Gasteiger partial charge is 0.493 e. The van der Waals surface area contributed by atoms with Crippen LogP contribution in [0.2, 0.25) is 0 Å². The van der Waals surface area contributed by atoms with Crippen molar-refractivity contribution in [3.8, 4) is 34.1 Å². The molecule has 3 aromatic carbocycles. The van der Waals surface area contributed by atoms with Crippen LogP contribution in [0, 0.1) is 0 Å². The quantitative estimate of drug-likeness (QED) is 0.301. The van der Waals surface area contributed by atoms with Crippen molar-refractivity contribution in [1.82, 2.24) is 4.98 Å². The lowest BCUT2D eigenvalue weighted by molar-refractivity contribution is -0.134. The molecular weight excluding hydrogens is 378 g/mol. The maximum absolute atomic E-state index is 12.3. The maximum atomic E-state index is 12.3. The van der Waals surface area contributed by atoms with Crippen molar-refractivity contribution >= 4 is 5.97 Å². The smallest absolute Gasteiger partial charge is 0.311 e. The number of benzene rings is 3. The number of aromatic nitrogens is 1. The van der Waals surface area contributed by atoms with Gasteiger partial charge in [0, 0.05) is 17.5 Å². The Bertz CT molecular complexity index is 1060. The molecule has 0 N–H and O–H groups in total. The summed E-state index contributed by atoms with van der Waals surface area (Å²) in [6, 6.07) is 26.7. The first-order chi connectivity index (χ1) is 14.7. The van der Waals surface area contributed by atoms with E-state index in [1.807, 2.05) is 66.7 Å². The molecule has 0 saturated heterocycles. The highest BCUT2D eigenvalue weighted by Gasteiger charge is 2.18. The van der Waals surface area contributed by atoms with Crippen molar-refractivity contribution in [3.05, 3.63) is 90.8 Å². The first-order valence-electron chi connectivity index (χ1n) is 9.69. The Balaban J connectivity index is 1.53. The van der Waals surface area contributed by atoms with Gasteiger partial charge in [-0.2, -0.15) is 0 Å². The summed E-state index contributed by atoms with van der Waals surface area (Å²) >= 11 is 0. The van der Waals surface area contributed by atoms with E-state index in [1.54, 1.807) is 18.2 Å². The Morgan fingerprint density at radius 3 is 2.10 bits per heavy atom. The summed E-state index contributed by atoms with van der Waals surface area (Å²) in [5.41, 5.74) is 2.66. The molecule has 5 heteroatoms. The summed E-state index contributed by atoms with van der Waals surface area (Å²) in [4.78, 5) is 17.0. The van der Waals surface area contributed by atoms with Crippen LogP contribution in [0.15, 0.2) is 89.3 Å². The van der Waals surface area contributed by atoms with Crippen molar-refractivity contribution in [1.29, 1.82) is 0 Å². The van der Waals surface area contributed by atoms with Crippen LogP contribution < -0.4 is 9.47 Å². The average molecular weight is 399 g/mol. The first kappa shape index (κ1) is 19.5. The molecule has 0 radical (unpaired) electrons. The van der Waals surface area contributed by atoms with Crippen LogP contribution in [0.1, 0.15) is 12.3 Å². The van der Waals surface area contributed by atoms with Gasteiger partial charge < -0.3 is 13.9 Å². The van der Waals surface area contributed by atoms with Crippen molar-refractivity contribution in [2.45, 2.75) is 12.8 Å². The standard InChI is InChI=1S/C25H21NO4/c1-28-20-14-8-9-15-21(20)29-23(27)17-16-22-26-24(18-10-4-2-5-11-18)25(30-22)19-12-6-3-7-13-19/h2-15H,16-17H2,1H3. The van der Waals surface area contributed by atoms with Crippen LogP contribution in [0.3, 0.4) is 0 Å². The van der Waals surface area contributed by atoms with Gasteiger partial charge in [-0.1, -0.05) is 72.8 Å². The number of methoxy groups -OCH3 is 1. The van der Waals surface area contributed by atoms with Crippen molar-refractivity contribution < 1.29 is 18.7 Å². The molecule has 0 spiro atoms. The summed E-state index contributed by atoms with van der Waals surface area (Å²) in [6.07, 6.45) is 0.474. The van der Waals surface area contributed by atoms with E-state index < -0.39 is 0 Å². The molecule has 1 aromatic heterocycles. The predicted molar refractivity (Wildman–Crippen MR) is 114 cm³/mol. The van der Waals surface area contributed by atoms with Gasteiger partial charge in [0.25, 0.3) is 0 Å². The summed E-state index contributed by atoms with van der Waals surface area (Å²) in [6.45, 7) is 0. The number of hydrogen-bond acceptors (Lipinski definition) is 5. The summed E-state index contributed by atoms with van der Waals surface area (Å²) in [5.74, 6) is 1.71. The van der Waals surface area contributed by atoms with E-state index >= 15 is 0 Å². The fourth-order valence-electron chi connectivity index (χ4n) is 3.13. The Labute approximate surface area is 174 Å². The van der Waals surface area contributed by atoms with Gasteiger partial charge in [-0.15, -0.1) is 0 Å². The zero-order chi connectivity index (χ0) is 20.8. The zero-order valence-electron chi connectivity index (χ0n) is 16.6. The van der Waals surface area contributed by atoms with Crippen molar-refractivity contribution in [2.75, 3.05) is 7.11 Å². The predicted octanol–water partition coefficient (Wildman–Crippen LogP) is 5.56. The third kappa shape index (κ3) is 4.41. The summed E-state index contributed by atoms with van der Waals surface area (Å²) in [7, 11) is 1.54. The lowest BCUT2D eigenvalue weighted by Gasteiger charge is -2.07. The van der Waals surface area contributed by atoms with E-state index in [0.29, 0.717) is 29.6 Å². The fraction of sp³-hybridized carbons (Fsp3) is 0.120. The summed E-state index contributed by atoms with van der Waals surface area (Å²) < 4.78 is 16.7. The van der Waals surface area contributed by atoms with E-state index in [0.717, 1.165) is 16.8 Å². The average Bonchev–Trinajstić information content (AvgIpc) is 3.24. The highest BCUT2D eigenvalue weighted by atomic mass is 16.6. The van der Waals surface area contributed by atoms with Gasteiger partial charge in [0.05, 0.1) is 13.5 Å². The van der Waals surface area contributed by atoms with Crippen LogP contribution in [0.25, 0.3) is 22.6 Å². The monoisotopic (exact) mass is 399 g/mol. The molecule has 1 heterocycles. The number of nitrogens with zero attached hydrogens (tertiary/aromatic N) is 1. The number of carbonyl (C=O) groups is 1. The van der Waals surface area contributed by atoms with Crippen LogP contribution in [0.5, 0.6) is 11.5 Å². The minimum Gasteiger partial charge on any atom is -0.493 e. The zero-order valence-corrected chi connectivity index (χ0v) is 16.6. The number of rotatable bonds is 7. The maximum Gasteiger partial charge on any atom is 0.311 e. The van der Waals surface area contributed by atoms with Crippen LogP contribution in [0.4, 0.5) is 0 Å². The lowest BCUT2D eigenvalue weighted by atomic mass is 10.1. The van der Waals surface area contributed by atoms with Gasteiger partial charge in [0.1, 0.15) is 5.69 Å². The topological polar surface area (TPSA) is 61.6 Å². The van der Waals surface area contributed by atoms with Crippen LogP contribution in [-0.4, -0.2) is 18.1 Å². The second-order valence-electron chi connectivity index (χ2n) is 6.64. The number of esters is 1. The molecule has 0 saturated carbocycles. The molecule has 5 nitrogen and oxygen atoms in total. The normalized spacial score (nSPS) is 10.6. The van der Waals surface area contributed by atoms with E-state index in [-0.39, 0.29) is 12.4 Å². The Hall–Kier alpha value is -3.86. The van der Waals surface area contributed by atoms with E-state index in [1.165, 1.54) is 7.11 Å². The molecule has 4 aromatic rings. The second-order valence-corrected chi connectivity index (χ2v) is 6.64. The molecule has 0 aliphatic carbocycles. The molecule has 4 rings (SSSR count). The van der Waals surface area contributed by atoms with Crippen LogP contribution >= 0.6 is 0 Å². The van der Waals surface area contributed by atoms with Crippen LogP contribution in [-0.2, 0) is 11.2 Å². The molecule has 30 heavy (non-hydrogen) atoms. The second kappa shape index (κ2) is 9.09. The SMILES string of the molecule is COc1ccccc1OC(=O)CCc1nc(-c2ccccc2)c(-c2ccccc2)o1. The van der Waals surface area contributed by atoms with Crippen molar-refractivity contribution in [2.24, 2.45) is 0 Å². The Kier molecular flexibility index (Phi) is 5.90. The highest BCUT2D eigenvalue weighted by molar-refractivity contribution is 5.77. The van der Waals surface area contributed by atoms with Crippen molar-refractivity contribution in [3.63, 3.8) is 0 Å².